The highest BCUT2D eigenvalue weighted by Crippen LogP contribution is 2.32. The topological polar surface area (TPSA) is 151 Å². The van der Waals surface area contributed by atoms with Crippen LogP contribution in [0, 0.1) is 0 Å². The minimum absolute atomic E-state index is 0.0261. The summed E-state index contributed by atoms with van der Waals surface area (Å²) in [6.45, 7) is 6.39. The van der Waals surface area contributed by atoms with Gasteiger partial charge in [-0.1, -0.05) is 6.07 Å². The molecular weight excluding hydrogens is 454 g/mol. The molecule has 2 heterocycles. The van der Waals surface area contributed by atoms with Crippen molar-refractivity contribution in [2.75, 3.05) is 25.0 Å². The van der Waals surface area contributed by atoms with Gasteiger partial charge in [0.2, 0.25) is 17.7 Å². The number of carbonyl (C=O) groups is 5. The molecule has 0 bridgehead atoms. The summed E-state index contributed by atoms with van der Waals surface area (Å²) in [6.07, 6.45) is 0.516. The van der Waals surface area contributed by atoms with Crippen LogP contribution in [0.1, 0.15) is 62.4 Å². The average Bonchev–Trinajstić information content (AvgIpc) is 3.10. The van der Waals surface area contributed by atoms with Gasteiger partial charge in [0.25, 0.3) is 5.91 Å². The molecule has 4 N–H and O–H groups in total. The van der Waals surface area contributed by atoms with E-state index in [9.17, 15) is 24.0 Å². The van der Waals surface area contributed by atoms with E-state index >= 15 is 0 Å². The summed E-state index contributed by atoms with van der Waals surface area (Å²) >= 11 is 0. The first-order valence-corrected chi connectivity index (χ1v) is 11.7. The van der Waals surface area contributed by atoms with E-state index in [0.29, 0.717) is 36.3 Å². The molecule has 1 unspecified atom stereocenters. The number of piperidine rings is 1. The molecule has 0 aliphatic carbocycles. The third-order valence-corrected chi connectivity index (χ3v) is 5.75. The van der Waals surface area contributed by atoms with E-state index in [-0.39, 0.29) is 50.1 Å². The van der Waals surface area contributed by atoms with Gasteiger partial charge in [-0.3, -0.25) is 24.5 Å². The number of rotatable bonds is 8. The first kappa shape index (κ1) is 26.1. The van der Waals surface area contributed by atoms with Gasteiger partial charge in [-0.05, 0) is 52.3 Å². The number of nitrogens with two attached hydrogens (primary N) is 1. The molecule has 11 heteroatoms. The van der Waals surface area contributed by atoms with Gasteiger partial charge in [-0.25, -0.2) is 4.79 Å². The number of nitrogens with one attached hydrogen (secondary N) is 2. The number of hydrogen-bond donors (Lipinski definition) is 3. The number of carbonyl (C=O) groups excluding carboxylic acids is 5. The molecule has 1 atom stereocenters. The summed E-state index contributed by atoms with van der Waals surface area (Å²) < 4.78 is 5.42. The predicted octanol–water partition coefficient (Wildman–Crippen LogP) is 1.36. The van der Waals surface area contributed by atoms with Crippen LogP contribution in [0.15, 0.2) is 18.2 Å². The monoisotopic (exact) mass is 487 g/mol. The molecular formula is C24H33N5O6. The van der Waals surface area contributed by atoms with Gasteiger partial charge in [-0.2, -0.15) is 0 Å². The standard InChI is InChI=1S/C24H33N5O6/c1-24(2,3)35-23(34)28(12-5-11-25)13-10-20(31)26-17-7-4-6-15-16(17)14-29(22(15)33)18-8-9-19(30)27-21(18)32/h4,6-7,18H,5,8-14,25H2,1-3H3,(H,26,31)(H,27,30,32). The van der Waals surface area contributed by atoms with E-state index in [1.54, 1.807) is 39.0 Å². The SMILES string of the molecule is CC(C)(C)OC(=O)N(CCCN)CCC(=O)Nc1cccc2c1CN(C1CCC(=O)NC1=O)C2=O. The minimum atomic E-state index is -0.735. The minimum Gasteiger partial charge on any atom is -0.444 e. The van der Waals surface area contributed by atoms with Gasteiger partial charge in [0.05, 0.1) is 0 Å². The predicted molar refractivity (Wildman–Crippen MR) is 127 cm³/mol. The highest BCUT2D eigenvalue weighted by molar-refractivity contribution is 6.06. The summed E-state index contributed by atoms with van der Waals surface area (Å²) in [5.74, 6) is -1.49. The van der Waals surface area contributed by atoms with Crippen LogP contribution in [0.3, 0.4) is 0 Å². The number of nitrogens with zero attached hydrogens (tertiary/aromatic N) is 2. The van der Waals surface area contributed by atoms with Crippen LogP contribution in [0.4, 0.5) is 10.5 Å². The van der Waals surface area contributed by atoms with E-state index in [4.69, 9.17) is 10.5 Å². The van der Waals surface area contributed by atoms with E-state index < -0.39 is 23.6 Å². The summed E-state index contributed by atoms with van der Waals surface area (Å²) in [4.78, 5) is 64.8. The Morgan fingerprint density at radius 2 is 1.97 bits per heavy atom. The molecule has 1 fully saturated rings. The van der Waals surface area contributed by atoms with Crippen LogP contribution in [0.2, 0.25) is 0 Å². The van der Waals surface area contributed by atoms with Gasteiger partial charge in [0.15, 0.2) is 0 Å². The van der Waals surface area contributed by atoms with Crippen LogP contribution in [-0.4, -0.2) is 70.8 Å². The maximum Gasteiger partial charge on any atom is 0.410 e. The van der Waals surface area contributed by atoms with Gasteiger partial charge in [0, 0.05) is 49.3 Å². The third kappa shape index (κ3) is 6.56. The van der Waals surface area contributed by atoms with Crippen molar-refractivity contribution in [2.45, 2.75) is 64.6 Å². The number of ether oxygens (including phenoxy) is 1. The van der Waals surface area contributed by atoms with E-state index in [0.717, 1.165) is 0 Å². The molecule has 2 aliphatic rings. The van der Waals surface area contributed by atoms with Gasteiger partial charge in [-0.15, -0.1) is 0 Å². The maximum absolute atomic E-state index is 12.9. The molecule has 2 aliphatic heterocycles. The molecule has 11 nitrogen and oxygen atoms in total. The van der Waals surface area contributed by atoms with Crippen molar-refractivity contribution in [3.63, 3.8) is 0 Å². The molecule has 190 valence electrons. The smallest absolute Gasteiger partial charge is 0.410 e. The zero-order valence-corrected chi connectivity index (χ0v) is 20.4. The quantitative estimate of drug-likeness (QED) is 0.468. The maximum atomic E-state index is 12.9. The zero-order valence-electron chi connectivity index (χ0n) is 20.4. The zero-order chi connectivity index (χ0) is 25.8. The molecule has 3 rings (SSSR count). The van der Waals surface area contributed by atoms with Gasteiger partial charge >= 0.3 is 6.09 Å². The normalized spacial score (nSPS) is 17.7. The Bertz CT molecular complexity index is 1020. The Labute approximate surface area is 204 Å². The fourth-order valence-corrected chi connectivity index (χ4v) is 4.05. The van der Waals surface area contributed by atoms with Crippen LogP contribution in [0.5, 0.6) is 0 Å². The summed E-state index contributed by atoms with van der Waals surface area (Å²) in [5.41, 5.74) is 6.41. The lowest BCUT2D eigenvalue weighted by Crippen LogP contribution is -2.52. The van der Waals surface area contributed by atoms with E-state index in [2.05, 4.69) is 10.6 Å². The van der Waals surface area contributed by atoms with Crippen molar-refractivity contribution in [2.24, 2.45) is 5.73 Å². The second-order valence-electron chi connectivity index (χ2n) is 9.64. The molecule has 0 saturated carbocycles. The number of imide groups is 1. The summed E-state index contributed by atoms with van der Waals surface area (Å²) in [6, 6.07) is 4.27. The third-order valence-electron chi connectivity index (χ3n) is 5.75. The fraction of sp³-hybridized carbons (Fsp3) is 0.542. The Morgan fingerprint density at radius 3 is 2.63 bits per heavy atom. The number of hydrogen-bond acceptors (Lipinski definition) is 7. The summed E-state index contributed by atoms with van der Waals surface area (Å²) in [7, 11) is 0. The van der Waals surface area contributed by atoms with Crippen molar-refractivity contribution in [3.8, 4) is 0 Å². The molecule has 5 amide bonds. The lowest BCUT2D eigenvalue weighted by Gasteiger charge is -2.29. The van der Waals surface area contributed by atoms with Gasteiger partial charge in [0.1, 0.15) is 11.6 Å². The van der Waals surface area contributed by atoms with E-state index in [1.807, 2.05) is 0 Å². The first-order valence-electron chi connectivity index (χ1n) is 11.7. The molecule has 0 aromatic heterocycles. The molecule has 1 aromatic rings. The molecule has 1 saturated heterocycles. The Kier molecular flexibility index (Phi) is 8.11. The lowest BCUT2D eigenvalue weighted by atomic mass is 10.0. The van der Waals surface area contributed by atoms with Crippen molar-refractivity contribution in [1.29, 1.82) is 0 Å². The number of amides is 5. The molecule has 1 aromatic carbocycles. The number of anilines is 1. The van der Waals surface area contributed by atoms with E-state index in [1.165, 1.54) is 9.80 Å². The van der Waals surface area contributed by atoms with Crippen LogP contribution < -0.4 is 16.4 Å². The molecule has 0 radical (unpaired) electrons. The molecule has 35 heavy (non-hydrogen) atoms. The van der Waals surface area contributed by atoms with Crippen molar-refractivity contribution in [3.05, 3.63) is 29.3 Å². The van der Waals surface area contributed by atoms with Gasteiger partial charge < -0.3 is 25.6 Å². The van der Waals surface area contributed by atoms with Crippen LogP contribution >= 0.6 is 0 Å². The van der Waals surface area contributed by atoms with Crippen LogP contribution in [-0.2, 0) is 25.7 Å². The van der Waals surface area contributed by atoms with Crippen molar-refractivity contribution >= 4 is 35.4 Å². The van der Waals surface area contributed by atoms with Crippen LogP contribution in [0.25, 0.3) is 0 Å². The number of benzene rings is 1. The molecule has 0 spiro atoms. The largest absolute Gasteiger partial charge is 0.444 e. The Morgan fingerprint density at radius 1 is 1.23 bits per heavy atom. The Balaban J connectivity index is 1.65. The highest BCUT2D eigenvalue weighted by atomic mass is 16.6. The second kappa shape index (κ2) is 10.9. The van der Waals surface area contributed by atoms with Crippen molar-refractivity contribution < 1.29 is 28.7 Å². The second-order valence-corrected chi connectivity index (χ2v) is 9.64. The average molecular weight is 488 g/mol. The first-order chi connectivity index (χ1) is 16.5. The Hall–Kier alpha value is -3.47. The lowest BCUT2D eigenvalue weighted by molar-refractivity contribution is -0.137. The van der Waals surface area contributed by atoms with Crippen molar-refractivity contribution in [1.82, 2.24) is 15.1 Å². The number of fused-ring (bicyclic) bond motifs is 1. The summed E-state index contributed by atoms with van der Waals surface area (Å²) in [5, 5.41) is 5.10. The highest BCUT2D eigenvalue weighted by Gasteiger charge is 2.40. The fourth-order valence-electron chi connectivity index (χ4n) is 4.05.